The third-order valence-electron chi connectivity index (χ3n) is 5.78. The predicted molar refractivity (Wildman–Crippen MR) is 126 cm³/mol. The van der Waals surface area contributed by atoms with E-state index in [1.54, 1.807) is 25.1 Å². The summed E-state index contributed by atoms with van der Waals surface area (Å²) in [6, 6.07) is 6.05. The van der Waals surface area contributed by atoms with E-state index in [1.807, 2.05) is 6.92 Å². The predicted octanol–water partition coefficient (Wildman–Crippen LogP) is 4.12. The molecule has 0 saturated carbocycles. The Hall–Kier alpha value is -3.06. The fraction of sp³-hybridized carbons (Fsp3) is 0.400. The van der Waals surface area contributed by atoms with E-state index < -0.39 is 11.5 Å². The SMILES string of the molecule is C=CN=C(C=C)C1=NC(C)(c2ccc(F)cc2)C(C(=O)OCC)=C(CN2CCCCC2)N1. The molecule has 1 aromatic carbocycles. The first-order chi connectivity index (χ1) is 15.4. The molecule has 1 aromatic rings. The van der Waals surface area contributed by atoms with E-state index in [9.17, 15) is 9.18 Å². The molecule has 0 bridgehead atoms. The number of likely N-dealkylation sites (tertiary alicyclic amines) is 1. The van der Waals surface area contributed by atoms with Gasteiger partial charge in [0.1, 0.15) is 17.1 Å². The lowest BCUT2D eigenvalue weighted by molar-refractivity contribution is -0.139. The number of nitrogens with one attached hydrogen (secondary N) is 1. The summed E-state index contributed by atoms with van der Waals surface area (Å²) in [7, 11) is 0. The number of hydrogen-bond acceptors (Lipinski definition) is 6. The van der Waals surface area contributed by atoms with Crippen LogP contribution < -0.4 is 5.32 Å². The van der Waals surface area contributed by atoms with Crippen LogP contribution in [-0.4, -0.2) is 48.7 Å². The average molecular weight is 439 g/mol. The number of esters is 1. The number of halogens is 1. The van der Waals surface area contributed by atoms with E-state index in [2.05, 4.69) is 28.4 Å². The molecule has 0 amide bonds. The first-order valence-electron chi connectivity index (χ1n) is 11.0. The van der Waals surface area contributed by atoms with Crippen molar-refractivity contribution in [2.75, 3.05) is 26.2 Å². The van der Waals surface area contributed by atoms with Crippen molar-refractivity contribution in [3.8, 4) is 0 Å². The van der Waals surface area contributed by atoms with Crippen molar-refractivity contribution in [1.29, 1.82) is 0 Å². The monoisotopic (exact) mass is 438 g/mol. The molecule has 1 N–H and O–H groups in total. The Kier molecular flexibility index (Phi) is 7.75. The molecule has 2 aliphatic heterocycles. The van der Waals surface area contributed by atoms with Gasteiger partial charge in [-0.05, 0) is 63.6 Å². The summed E-state index contributed by atoms with van der Waals surface area (Å²) >= 11 is 0. The van der Waals surface area contributed by atoms with Gasteiger partial charge < -0.3 is 10.1 Å². The lowest BCUT2D eigenvalue weighted by Crippen LogP contribution is -2.47. The van der Waals surface area contributed by atoms with E-state index in [1.165, 1.54) is 24.8 Å². The maximum absolute atomic E-state index is 13.7. The summed E-state index contributed by atoms with van der Waals surface area (Å²) in [6.07, 6.45) is 6.46. The molecule has 1 unspecified atom stereocenters. The maximum atomic E-state index is 13.7. The molecule has 1 saturated heterocycles. The van der Waals surface area contributed by atoms with Gasteiger partial charge in [-0.25, -0.2) is 14.2 Å². The van der Waals surface area contributed by atoms with Gasteiger partial charge in [-0.3, -0.25) is 9.89 Å². The number of carbonyl (C=O) groups excluding carboxylic acids is 1. The van der Waals surface area contributed by atoms with Crippen LogP contribution in [-0.2, 0) is 15.1 Å². The summed E-state index contributed by atoms with van der Waals surface area (Å²) in [5.41, 5.74) is 1.21. The van der Waals surface area contributed by atoms with Gasteiger partial charge in [0.25, 0.3) is 0 Å². The van der Waals surface area contributed by atoms with Crippen molar-refractivity contribution in [1.82, 2.24) is 10.2 Å². The number of carbonyl (C=O) groups is 1. The van der Waals surface area contributed by atoms with Gasteiger partial charge in [-0.2, -0.15) is 0 Å². The van der Waals surface area contributed by atoms with Crippen molar-refractivity contribution in [3.63, 3.8) is 0 Å². The van der Waals surface area contributed by atoms with Crippen LogP contribution >= 0.6 is 0 Å². The van der Waals surface area contributed by atoms with Gasteiger partial charge in [-0.15, -0.1) is 0 Å². The Morgan fingerprint density at radius 2 is 1.97 bits per heavy atom. The molecule has 6 nitrogen and oxygen atoms in total. The number of nitrogens with zero attached hydrogens (tertiary/aromatic N) is 3. The highest BCUT2D eigenvalue weighted by Crippen LogP contribution is 2.38. The minimum Gasteiger partial charge on any atom is -0.463 e. The van der Waals surface area contributed by atoms with Crippen LogP contribution in [0.25, 0.3) is 0 Å². The Balaban J connectivity index is 2.19. The second-order valence-electron chi connectivity index (χ2n) is 7.98. The van der Waals surface area contributed by atoms with Crippen molar-refractivity contribution in [2.24, 2.45) is 9.98 Å². The Morgan fingerprint density at radius 1 is 1.28 bits per heavy atom. The number of piperidine rings is 1. The molecule has 32 heavy (non-hydrogen) atoms. The van der Waals surface area contributed by atoms with Crippen molar-refractivity contribution >= 4 is 17.5 Å². The summed E-state index contributed by atoms with van der Waals surface area (Å²) < 4.78 is 19.1. The van der Waals surface area contributed by atoms with E-state index in [0.29, 0.717) is 34.9 Å². The fourth-order valence-electron chi connectivity index (χ4n) is 4.21. The Labute approximate surface area is 189 Å². The van der Waals surface area contributed by atoms with Gasteiger partial charge in [-0.1, -0.05) is 31.7 Å². The van der Waals surface area contributed by atoms with Gasteiger partial charge >= 0.3 is 5.97 Å². The molecule has 1 fully saturated rings. The molecule has 170 valence electrons. The van der Waals surface area contributed by atoms with Crippen LogP contribution in [0.2, 0.25) is 0 Å². The highest BCUT2D eigenvalue weighted by Gasteiger charge is 2.42. The van der Waals surface area contributed by atoms with Crippen LogP contribution in [0.3, 0.4) is 0 Å². The van der Waals surface area contributed by atoms with E-state index in [4.69, 9.17) is 9.73 Å². The minimum absolute atomic E-state index is 0.241. The third-order valence-corrected chi connectivity index (χ3v) is 5.78. The van der Waals surface area contributed by atoms with Crippen LogP contribution in [0.4, 0.5) is 4.39 Å². The zero-order chi connectivity index (χ0) is 23.1. The summed E-state index contributed by atoms with van der Waals surface area (Å²) in [4.78, 5) is 24.7. The van der Waals surface area contributed by atoms with Crippen LogP contribution in [0.1, 0.15) is 38.7 Å². The number of hydrogen-bond donors (Lipinski definition) is 1. The lowest BCUT2D eigenvalue weighted by Gasteiger charge is -2.37. The fourth-order valence-corrected chi connectivity index (χ4v) is 4.21. The zero-order valence-electron chi connectivity index (χ0n) is 18.9. The topological polar surface area (TPSA) is 66.3 Å². The molecular weight excluding hydrogens is 407 g/mol. The highest BCUT2D eigenvalue weighted by molar-refractivity contribution is 6.46. The maximum Gasteiger partial charge on any atom is 0.338 e. The Bertz CT molecular complexity index is 959. The van der Waals surface area contributed by atoms with Gasteiger partial charge in [0.2, 0.25) is 0 Å². The summed E-state index contributed by atoms with van der Waals surface area (Å²) in [5, 5.41) is 3.33. The highest BCUT2D eigenvalue weighted by atomic mass is 19.1. The number of aliphatic imine (C=N–C) groups is 2. The van der Waals surface area contributed by atoms with Gasteiger partial charge in [0.05, 0.1) is 12.2 Å². The summed E-state index contributed by atoms with van der Waals surface area (Å²) in [6.45, 7) is 13.8. The summed E-state index contributed by atoms with van der Waals surface area (Å²) in [5.74, 6) is -0.320. The van der Waals surface area contributed by atoms with Gasteiger partial charge in [0.15, 0.2) is 5.84 Å². The van der Waals surface area contributed by atoms with Crippen LogP contribution in [0.5, 0.6) is 0 Å². The lowest BCUT2D eigenvalue weighted by atomic mass is 9.82. The molecule has 2 aliphatic rings. The third kappa shape index (κ3) is 5.05. The van der Waals surface area contributed by atoms with Crippen LogP contribution in [0.15, 0.2) is 71.0 Å². The average Bonchev–Trinajstić information content (AvgIpc) is 2.78. The number of rotatable bonds is 8. The smallest absolute Gasteiger partial charge is 0.338 e. The van der Waals surface area contributed by atoms with E-state index in [-0.39, 0.29) is 12.4 Å². The molecule has 7 heteroatoms. The van der Waals surface area contributed by atoms with Crippen LogP contribution in [0, 0.1) is 5.82 Å². The normalized spacial score (nSPS) is 22.1. The molecule has 0 aromatic heterocycles. The van der Waals surface area contributed by atoms with E-state index in [0.717, 1.165) is 25.9 Å². The van der Waals surface area contributed by atoms with Crippen molar-refractivity contribution in [2.45, 2.75) is 38.6 Å². The Morgan fingerprint density at radius 3 is 2.56 bits per heavy atom. The van der Waals surface area contributed by atoms with E-state index >= 15 is 0 Å². The second-order valence-corrected chi connectivity index (χ2v) is 7.98. The molecule has 3 rings (SSSR count). The number of benzene rings is 1. The van der Waals surface area contributed by atoms with Gasteiger partial charge in [0, 0.05) is 18.4 Å². The van der Waals surface area contributed by atoms with Crippen molar-refractivity contribution < 1.29 is 13.9 Å². The standard InChI is InChI=1S/C25H31FN4O2/c1-5-20(27-6-2)23-28-21(17-30-15-9-8-10-16-30)22(24(31)32-7-3)25(4,29-23)18-11-13-19(26)14-12-18/h5-6,11-14H,1-2,7-10,15-17H2,3-4H3,(H,28,29). The molecule has 2 heterocycles. The second kappa shape index (κ2) is 10.5. The minimum atomic E-state index is -1.10. The number of amidine groups is 1. The molecule has 1 atom stereocenters. The van der Waals surface area contributed by atoms with Crippen molar-refractivity contribution in [3.05, 3.63) is 72.4 Å². The zero-order valence-corrected chi connectivity index (χ0v) is 18.9. The number of ether oxygens (including phenoxy) is 1. The molecule has 0 spiro atoms. The molecule has 0 radical (unpaired) electrons. The quantitative estimate of drug-likeness (QED) is 0.490. The largest absolute Gasteiger partial charge is 0.463 e. The molecular formula is C25H31FN4O2. The first kappa shape index (κ1) is 23.6. The first-order valence-corrected chi connectivity index (χ1v) is 11.0. The molecule has 0 aliphatic carbocycles.